The Kier molecular flexibility index (Phi) is 9.02. The van der Waals surface area contributed by atoms with E-state index in [1.807, 2.05) is 37.3 Å². The van der Waals surface area contributed by atoms with Crippen LogP contribution in [0.2, 0.25) is 0 Å². The molecule has 10 rings (SSSR count). The molecule has 0 bridgehead atoms. The predicted molar refractivity (Wildman–Crippen MR) is 219 cm³/mol. The second kappa shape index (κ2) is 14.7. The van der Waals surface area contributed by atoms with Crippen LogP contribution in [0.3, 0.4) is 0 Å². The molecule has 4 aliphatic rings. The number of rotatable bonds is 11. The summed E-state index contributed by atoms with van der Waals surface area (Å²) in [7, 11) is 0. The first-order valence-electron chi connectivity index (χ1n) is 19.6. The smallest absolute Gasteiger partial charge is 0.407 e. The third kappa shape index (κ3) is 7.16. The fourth-order valence-corrected chi connectivity index (χ4v) is 8.17. The molecule has 2 unspecified atom stereocenters. The van der Waals surface area contributed by atoms with E-state index in [9.17, 15) is 19.2 Å². The summed E-state index contributed by atoms with van der Waals surface area (Å²) in [5.41, 5.74) is 11.2. The number of aryl methyl sites for hydroxylation is 1. The van der Waals surface area contributed by atoms with Crippen molar-refractivity contribution >= 4 is 68.8 Å². The van der Waals surface area contributed by atoms with Gasteiger partial charge in [0.15, 0.2) is 0 Å². The van der Waals surface area contributed by atoms with E-state index in [-0.39, 0.29) is 53.5 Å². The van der Waals surface area contributed by atoms with Crippen molar-refractivity contribution in [3.05, 3.63) is 84.7 Å². The Morgan fingerprint density at radius 1 is 0.750 bits per heavy atom. The number of amides is 4. The first-order chi connectivity index (χ1) is 29.1. The molecule has 302 valence electrons. The summed E-state index contributed by atoms with van der Waals surface area (Å²) in [5.74, 6) is 0.642. The number of nitrogens with zero attached hydrogens (tertiary/aromatic N) is 6. The Labute approximate surface area is 341 Å². The van der Waals surface area contributed by atoms with Gasteiger partial charge in [-0.25, -0.2) is 29.5 Å². The molecule has 7 N–H and O–H groups in total. The summed E-state index contributed by atoms with van der Waals surface area (Å²) >= 11 is 0. The topological polar surface area (TPSA) is 250 Å². The number of hydrogen-bond donors (Lipinski definition) is 6. The van der Waals surface area contributed by atoms with Gasteiger partial charge >= 0.3 is 12.2 Å². The largest absolute Gasteiger partial charge is 0.444 e. The highest BCUT2D eigenvalue weighted by Crippen LogP contribution is 2.45. The van der Waals surface area contributed by atoms with Gasteiger partial charge in [0.1, 0.15) is 35.5 Å². The molecule has 2 aliphatic heterocycles. The van der Waals surface area contributed by atoms with Crippen molar-refractivity contribution in [1.29, 1.82) is 0 Å². The van der Waals surface area contributed by atoms with Gasteiger partial charge in [-0.15, -0.1) is 0 Å². The summed E-state index contributed by atoms with van der Waals surface area (Å²) < 4.78 is 10.6. The molecule has 6 atom stereocenters. The minimum Gasteiger partial charge on any atom is -0.444 e. The maximum atomic E-state index is 13.2. The van der Waals surface area contributed by atoms with E-state index in [1.165, 1.54) is 0 Å². The van der Waals surface area contributed by atoms with Crippen LogP contribution in [0.15, 0.2) is 73.6 Å². The van der Waals surface area contributed by atoms with Crippen molar-refractivity contribution < 1.29 is 28.7 Å². The molecule has 60 heavy (non-hydrogen) atoms. The number of hydrogen-bond acceptors (Lipinski definition) is 14. The Bertz CT molecular complexity index is 2770. The molecule has 8 heterocycles. The lowest BCUT2D eigenvalue weighted by Gasteiger charge is -2.15. The molecule has 4 fully saturated rings. The summed E-state index contributed by atoms with van der Waals surface area (Å²) in [4.78, 5) is 76.8. The predicted octanol–water partition coefficient (Wildman–Crippen LogP) is 4.57. The lowest BCUT2D eigenvalue weighted by atomic mass is 10.0. The zero-order valence-electron chi connectivity index (χ0n) is 32.1. The fraction of sp³-hybridized carbons (Fsp3) is 0.286. The highest BCUT2D eigenvalue weighted by Gasteiger charge is 2.52. The van der Waals surface area contributed by atoms with Crippen LogP contribution in [-0.2, 0) is 25.6 Å². The number of nitrogens with two attached hydrogens (primary N) is 1. The minimum atomic E-state index is -0.458. The molecule has 6 aromatic heterocycles. The molecule has 18 nitrogen and oxygen atoms in total. The van der Waals surface area contributed by atoms with Crippen LogP contribution in [0.5, 0.6) is 0 Å². The first-order valence-corrected chi connectivity index (χ1v) is 19.6. The minimum absolute atomic E-state index is 0.0302. The summed E-state index contributed by atoms with van der Waals surface area (Å²) in [6, 6.07) is 11.2. The Morgan fingerprint density at radius 3 is 1.92 bits per heavy atom. The average Bonchev–Trinajstić information content (AvgIpc) is 4.14. The van der Waals surface area contributed by atoms with Crippen LogP contribution in [-0.4, -0.2) is 79.2 Å². The third-order valence-electron chi connectivity index (χ3n) is 11.6. The van der Waals surface area contributed by atoms with E-state index in [1.54, 1.807) is 43.2 Å². The number of cyclic esters (lactones) is 2. The van der Waals surface area contributed by atoms with E-state index in [4.69, 9.17) is 25.2 Å². The monoisotopic (exact) mass is 806 g/mol. The van der Waals surface area contributed by atoms with Crippen LogP contribution in [0.1, 0.15) is 24.0 Å². The van der Waals surface area contributed by atoms with Crippen molar-refractivity contribution in [2.45, 2.75) is 38.5 Å². The molecule has 2 aliphatic carbocycles. The number of anilines is 4. The summed E-state index contributed by atoms with van der Waals surface area (Å²) in [6.07, 6.45) is 9.93. The number of carbonyl (C=O) groups excluding carboxylic acids is 4. The maximum absolute atomic E-state index is 13.2. The van der Waals surface area contributed by atoms with Crippen molar-refractivity contribution in [3.63, 3.8) is 0 Å². The number of nitrogen functional groups attached to an aromatic ring is 1. The van der Waals surface area contributed by atoms with Gasteiger partial charge in [-0.05, 0) is 78.1 Å². The normalized spacial score (nSPS) is 22.7. The van der Waals surface area contributed by atoms with Crippen LogP contribution in [0, 0.1) is 30.6 Å². The van der Waals surface area contributed by atoms with E-state index < -0.39 is 12.2 Å². The molecule has 2 saturated carbocycles. The van der Waals surface area contributed by atoms with Crippen LogP contribution < -0.4 is 32.3 Å². The maximum Gasteiger partial charge on any atom is 0.407 e. The second-order valence-corrected chi connectivity index (χ2v) is 15.5. The highest BCUT2D eigenvalue weighted by molar-refractivity contribution is 6.00. The number of nitrogens with one attached hydrogen (secondary N) is 5. The van der Waals surface area contributed by atoms with Gasteiger partial charge in [0, 0.05) is 89.3 Å². The lowest BCUT2D eigenvalue weighted by Crippen LogP contribution is -2.22. The quantitative estimate of drug-likeness (QED) is 0.105. The SMILES string of the molecule is Cc1ccncc1-c1cc2cc(NC(=O)[C@@H]3C[C@H]3C3CNC(=O)O3)ncc2c(NCc2ccncc2-c2cc3cc(NC(=O)[C@H]4C[C@@H]4C4CNC(=O)O4)ncc3c(N)n2)n1. The molecule has 0 spiro atoms. The first kappa shape index (κ1) is 36.8. The van der Waals surface area contributed by atoms with Crippen molar-refractivity contribution in [1.82, 2.24) is 40.5 Å². The van der Waals surface area contributed by atoms with Gasteiger partial charge in [0.05, 0.1) is 24.5 Å². The van der Waals surface area contributed by atoms with E-state index in [0.29, 0.717) is 66.7 Å². The zero-order chi connectivity index (χ0) is 41.1. The molecule has 18 heteroatoms. The van der Waals surface area contributed by atoms with Gasteiger partial charge in [0.2, 0.25) is 11.8 Å². The number of fused-ring (bicyclic) bond motifs is 2. The number of pyridine rings is 6. The standard InChI is InChI=1S/C42H38N12O6/c1-19-2-4-44-13-27(19)31-7-22-9-36(54-40(56)26-11-24(26)34-18-50-42(58)60-34)47-16-30(22)38(52-31)48-12-20-3-5-45-14-28(20)32-6-21-8-35(46-15-29(21)37(43)51-32)53-39(55)25-10-23(25)33-17-49-41(57)59-33/h2-9,13-16,23-26,33-34H,10-12,17-18H2,1H3,(H2,43,51)(H,48,52)(H,49,57)(H,50,58)(H,46,53,55)(H,47,54,56)/t23-,24+,25-,26+,33?,34?/m0/s1. The van der Waals surface area contributed by atoms with Crippen LogP contribution in [0.4, 0.5) is 32.9 Å². The Balaban J connectivity index is 0.901. The lowest BCUT2D eigenvalue weighted by molar-refractivity contribution is -0.118. The van der Waals surface area contributed by atoms with Crippen LogP contribution >= 0.6 is 0 Å². The molecule has 0 aromatic carbocycles. The molecular formula is C42H38N12O6. The molecule has 0 radical (unpaired) electrons. The van der Waals surface area contributed by atoms with Crippen LogP contribution in [0.25, 0.3) is 44.1 Å². The van der Waals surface area contributed by atoms with Gasteiger partial charge < -0.3 is 41.8 Å². The Morgan fingerprint density at radius 2 is 1.32 bits per heavy atom. The number of aromatic nitrogens is 6. The van der Waals surface area contributed by atoms with Gasteiger partial charge in [-0.2, -0.15) is 0 Å². The van der Waals surface area contributed by atoms with Gasteiger partial charge in [-0.3, -0.25) is 19.6 Å². The third-order valence-corrected chi connectivity index (χ3v) is 11.6. The Hall–Kier alpha value is -7.50. The molecule has 2 saturated heterocycles. The zero-order valence-corrected chi connectivity index (χ0v) is 32.1. The van der Waals surface area contributed by atoms with Gasteiger partial charge in [-0.1, -0.05) is 0 Å². The number of alkyl carbamates (subject to hydrolysis) is 2. The van der Waals surface area contributed by atoms with E-state index in [0.717, 1.165) is 38.4 Å². The number of carbonyl (C=O) groups is 4. The van der Waals surface area contributed by atoms with Crippen molar-refractivity contribution in [2.75, 3.05) is 34.8 Å². The molecule has 4 amide bonds. The molecule has 6 aromatic rings. The van der Waals surface area contributed by atoms with Crippen molar-refractivity contribution in [3.8, 4) is 22.5 Å². The second-order valence-electron chi connectivity index (χ2n) is 15.5. The van der Waals surface area contributed by atoms with Crippen molar-refractivity contribution in [2.24, 2.45) is 23.7 Å². The summed E-state index contributed by atoms with van der Waals surface area (Å²) in [6.45, 7) is 3.11. The number of ether oxygens (including phenoxy) is 2. The van der Waals surface area contributed by atoms with E-state index >= 15 is 0 Å². The van der Waals surface area contributed by atoms with Gasteiger partial charge in [0.25, 0.3) is 0 Å². The highest BCUT2D eigenvalue weighted by atomic mass is 16.6. The average molecular weight is 807 g/mol. The summed E-state index contributed by atoms with van der Waals surface area (Å²) in [5, 5.41) is 17.6. The molecular weight excluding hydrogens is 769 g/mol. The fourth-order valence-electron chi connectivity index (χ4n) is 8.17. The van der Waals surface area contributed by atoms with E-state index in [2.05, 4.69) is 46.5 Å².